The van der Waals surface area contributed by atoms with Crippen molar-refractivity contribution >= 4 is 34.3 Å². The average molecular weight is 394 g/mol. The minimum Gasteiger partial charge on any atom is -0.497 e. The molecule has 0 atom stereocenters. The van der Waals surface area contributed by atoms with E-state index in [1.165, 1.54) is 6.20 Å². The van der Waals surface area contributed by atoms with Gasteiger partial charge in [0.1, 0.15) is 16.4 Å². The van der Waals surface area contributed by atoms with Crippen molar-refractivity contribution in [1.29, 1.82) is 0 Å². The zero-order chi connectivity index (χ0) is 19.7. The Labute approximate surface area is 166 Å². The number of pyridine rings is 1. The maximum absolute atomic E-state index is 12.6. The van der Waals surface area contributed by atoms with E-state index in [2.05, 4.69) is 15.3 Å². The molecule has 2 heterocycles. The maximum atomic E-state index is 12.6. The number of amides is 1. The first-order valence-corrected chi connectivity index (χ1v) is 8.90. The van der Waals surface area contributed by atoms with Gasteiger partial charge in [-0.05, 0) is 48.9 Å². The molecule has 0 unspecified atom stereocenters. The van der Waals surface area contributed by atoms with Gasteiger partial charge in [0.2, 0.25) is 5.89 Å². The van der Waals surface area contributed by atoms with Crippen LogP contribution in [-0.2, 0) is 0 Å². The lowest BCUT2D eigenvalue weighted by atomic mass is 10.1. The molecule has 0 aliphatic heterocycles. The number of fused-ring (bicyclic) bond motifs is 1. The lowest BCUT2D eigenvalue weighted by Gasteiger charge is -2.10. The predicted octanol–water partition coefficient (Wildman–Crippen LogP) is 5.11. The third-order valence-corrected chi connectivity index (χ3v) is 4.63. The van der Waals surface area contributed by atoms with Gasteiger partial charge in [0.15, 0.2) is 5.58 Å². The number of carbonyl (C=O) groups is 1. The van der Waals surface area contributed by atoms with E-state index in [9.17, 15) is 4.79 Å². The first kappa shape index (κ1) is 18.0. The van der Waals surface area contributed by atoms with E-state index in [0.29, 0.717) is 34.0 Å². The smallest absolute Gasteiger partial charge is 0.258 e. The molecule has 0 fully saturated rings. The maximum Gasteiger partial charge on any atom is 0.258 e. The van der Waals surface area contributed by atoms with Crippen LogP contribution < -0.4 is 10.1 Å². The van der Waals surface area contributed by atoms with Crippen LogP contribution in [0.4, 0.5) is 5.69 Å². The van der Waals surface area contributed by atoms with Crippen molar-refractivity contribution in [3.8, 4) is 17.2 Å². The van der Waals surface area contributed by atoms with Crippen LogP contribution in [0.5, 0.6) is 5.75 Å². The van der Waals surface area contributed by atoms with Gasteiger partial charge in [0, 0.05) is 23.5 Å². The van der Waals surface area contributed by atoms with Gasteiger partial charge in [-0.1, -0.05) is 17.7 Å². The van der Waals surface area contributed by atoms with E-state index in [1.807, 2.05) is 43.3 Å². The van der Waals surface area contributed by atoms with Gasteiger partial charge in [0.25, 0.3) is 5.91 Å². The first-order valence-electron chi connectivity index (χ1n) is 8.52. The summed E-state index contributed by atoms with van der Waals surface area (Å²) in [5.74, 6) is 0.830. The molecule has 1 N–H and O–H groups in total. The summed E-state index contributed by atoms with van der Waals surface area (Å²) in [6.07, 6.45) is 1.53. The fraction of sp³-hybridized carbons (Fsp3) is 0.0952. The van der Waals surface area contributed by atoms with Gasteiger partial charge < -0.3 is 14.5 Å². The molecule has 140 valence electrons. The van der Waals surface area contributed by atoms with Crippen LogP contribution in [0.1, 0.15) is 15.9 Å². The minimum atomic E-state index is -0.333. The number of oxazole rings is 1. The van der Waals surface area contributed by atoms with Crippen LogP contribution in [0.15, 0.2) is 59.1 Å². The highest BCUT2D eigenvalue weighted by Gasteiger charge is 2.15. The zero-order valence-electron chi connectivity index (χ0n) is 15.2. The number of aromatic nitrogens is 2. The fourth-order valence-electron chi connectivity index (χ4n) is 2.79. The molecule has 0 saturated heterocycles. The monoisotopic (exact) mass is 393 g/mol. The quantitative estimate of drug-likeness (QED) is 0.487. The first-order chi connectivity index (χ1) is 13.5. The molecule has 1 amide bonds. The van der Waals surface area contributed by atoms with Crippen LogP contribution >= 0.6 is 11.6 Å². The minimum absolute atomic E-state index is 0.154. The number of nitrogens with one attached hydrogen (secondary N) is 1. The number of methoxy groups -OCH3 is 1. The number of hydrogen-bond donors (Lipinski definition) is 1. The summed E-state index contributed by atoms with van der Waals surface area (Å²) in [6.45, 7) is 1.90. The van der Waals surface area contributed by atoms with Crippen LogP contribution in [0, 0.1) is 6.92 Å². The number of rotatable bonds is 4. The Morgan fingerprint density at radius 3 is 2.82 bits per heavy atom. The highest BCUT2D eigenvalue weighted by atomic mass is 35.5. The van der Waals surface area contributed by atoms with E-state index in [4.69, 9.17) is 20.8 Å². The molecule has 7 heteroatoms. The number of halogens is 1. The standard InChI is InChI=1S/C21H16ClN3O3/c1-12-5-6-13(21-25-17-11-14(27-2)7-8-18(17)28-21)10-16(12)24-20(26)15-4-3-9-23-19(15)22/h3-11H,1-2H3,(H,24,26). The highest BCUT2D eigenvalue weighted by Crippen LogP contribution is 2.30. The summed E-state index contributed by atoms with van der Waals surface area (Å²) >= 11 is 6.01. The Balaban J connectivity index is 1.67. The van der Waals surface area contributed by atoms with Gasteiger partial charge in [-0.25, -0.2) is 9.97 Å². The molecule has 0 spiro atoms. The van der Waals surface area contributed by atoms with Gasteiger partial charge >= 0.3 is 0 Å². The van der Waals surface area contributed by atoms with E-state index in [0.717, 1.165) is 11.1 Å². The van der Waals surface area contributed by atoms with Gasteiger partial charge in [-0.3, -0.25) is 4.79 Å². The Kier molecular flexibility index (Phi) is 4.71. The summed E-state index contributed by atoms with van der Waals surface area (Å²) in [4.78, 5) is 21.0. The molecule has 0 aliphatic rings. The Bertz CT molecular complexity index is 1190. The van der Waals surface area contributed by atoms with E-state index >= 15 is 0 Å². The third-order valence-electron chi connectivity index (χ3n) is 4.33. The van der Waals surface area contributed by atoms with Gasteiger partial charge in [-0.2, -0.15) is 0 Å². The number of ether oxygens (including phenoxy) is 1. The van der Waals surface area contributed by atoms with Gasteiger partial charge in [-0.15, -0.1) is 0 Å². The van der Waals surface area contributed by atoms with E-state index < -0.39 is 0 Å². The van der Waals surface area contributed by atoms with Crippen LogP contribution in [0.2, 0.25) is 5.15 Å². The summed E-state index contributed by atoms with van der Waals surface area (Å²) in [6, 6.07) is 14.3. The second kappa shape index (κ2) is 7.32. The Hall–Kier alpha value is -3.38. The molecular formula is C21H16ClN3O3. The Morgan fingerprint density at radius 2 is 2.04 bits per heavy atom. The molecule has 6 nitrogen and oxygen atoms in total. The van der Waals surface area contributed by atoms with Crippen molar-refractivity contribution in [1.82, 2.24) is 9.97 Å². The number of benzene rings is 2. The number of nitrogens with zero attached hydrogens (tertiary/aromatic N) is 2. The van der Waals surface area contributed by atoms with Crippen LogP contribution in [-0.4, -0.2) is 23.0 Å². The molecule has 2 aromatic heterocycles. The van der Waals surface area contributed by atoms with Crippen molar-refractivity contribution in [2.45, 2.75) is 6.92 Å². The molecular weight excluding hydrogens is 378 g/mol. The van der Waals surface area contributed by atoms with Crippen molar-refractivity contribution in [3.05, 3.63) is 71.0 Å². The molecule has 0 radical (unpaired) electrons. The zero-order valence-corrected chi connectivity index (χ0v) is 15.9. The van der Waals surface area contributed by atoms with Crippen LogP contribution in [0.3, 0.4) is 0 Å². The van der Waals surface area contributed by atoms with Crippen molar-refractivity contribution < 1.29 is 13.9 Å². The van der Waals surface area contributed by atoms with Crippen LogP contribution in [0.25, 0.3) is 22.6 Å². The van der Waals surface area contributed by atoms with Gasteiger partial charge in [0.05, 0.1) is 12.7 Å². The molecule has 0 saturated carbocycles. The molecule has 0 aliphatic carbocycles. The number of hydrogen-bond acceptors (Lipinski definition) is 5. The SMILES string of the molecule is COc1ccc2oc(-c3ccc(C)c(NC(=O)c4cccnc4Cl)c3)nc2c1. The fourth-order valence-corrected chi connectivity index (χ4v) is 3.00. The number of anilines is 1. The highest BCUT2D eigenvalue weighted by molar-refractivity contribution is 6.33. The number of carbonyl (C=O) groups excluding carboxylic acids is 1. The second-order valence-electron chi connectivity index (χ2n) is 6.18. The van der Waals surface area contributed by atoms with E-state index in [-0.39, 0.29) is 11.1 Å². The summed E-state index contributed by atoms with van der Waals surface area (Å²) in [5.41, 5.74) is 3.94. The largest absolute Gasteiger partial charge is 0.497 e. The summed E-state index contributed by atoms with van der Waals surface area (Å²) in [5, 5.41) is 3.03. The third kappa shape index (κ3) is 3.42. The Morgan fingerprint density at radius 1 is 1.18 bits per heavy atom. The van der Waals surface area contributed by atoms with Crippen molar-refractivity contribution in [3.63, 3.8) is 0 Å². The molecule has 28 heavy (non-hydrogen) atoms. The van der Waals surface area contributed by atoms with E-state index in [1.54, 1.807) is 19.2 Å². The lowest BCUT2D eigenvalue weighted by Crippen LogP contribution is -2.13. The molecule has 0 bridgehead atoms. The molecule has 4 rings (SSSR count). The average Bonchev–Trinajstić information content (AvgIpc) is 3.13. The topological polar surface area (TPSA) is 77.2 Å². The number of aryl methyl sites for hydroxylation is 1. The molecule has 2 aromatic carbocycles. The van der Waals surface area contributed by atoms with Crippen molar-refractivity contribution in [2.24, 2.45) is 0 Å². The predicted molar refractivity (Wildman–Crippen MR) is 108 cm³/mol. The summed E-state index contributed by atoms with van der Waals surface area (Å²) in [7, 11) is 1.60. The second-order valence-corrected chi connectivity index (χ2v) is 6.54. The molecule has 4 aromatic rings. The summed E-state index contributed by atoms with van der Waals surface area (Å²) < 4.78 is 11.1. The normalized spacial score (nSPS) is 10.8. The lowest BCUT2D eigenvalue weighted by molar-refractivity contribution is 0.102. The van der Waals surface area contributed by atoms with Crippen molar-refractivity contribution in [2.75, 3.05) is 12.4 Å².